The van der Waals surface area contributed by atoms with E-state index in [2.05, 4.69) is 38.8 Å². The normalized spacial score (nSPS) is 12.3. The Balaban J connectivity index is 3.14. The fraction of sp³-hybridized carbons (Fsp3) is 0.500. The Kier molecular flexibility index (Phi) is 5.62. The number of benzene rings is 1. The molecule has 1 aromatic carbocycles. The highest BCUT2D eigenvalue weighted by molar-refractivity contribution is 9.10. The molecule has 1 unspecified atom stereocenters. The molecule has 0 spiro atoms. The minimum atomic E-state index is 0.314. The lowest BCUT2D eigenvalue weighted by atomic mass is 10.1. The SMILES string of the molecule is CCCC(Br)c1ccc(OC)c(Br)c1OC. The zero-order valence-electron chi connectivity index (χ0n) is 9.72. The van der Waals surface area contributed by atoms with Gasteiger partial charge in [-0.05, 0) is 28.4 Å². The number of halogens is 2. The highest BCUT2D eigenvalue weighted by atomic mass is 79.9. The Labute approximate surface area is 114 Å². The molecule has 0 saturated heterocycles. The fourth-order valence-electron chi connectivity index (χ4n) is 1.57. The standard InChI is InChI=1S/C12H16Br2O2/c1-4-5-9(13)8-6-7-10(15-2)11(14)12(8)16-3/h6-7,9H,4-5H2,1-3H3. The van der Waals surface area contributed by atoms with Crippen molar-refractivity contribution in [3.05, 3.63) is 22.2 Å². The van der Waals surface area contributed by atoms with E-state index in [4.69, 9.17) is 9.47 Å². The molecule has 0 aliphatic heterocycles. The predicted molar refractivity (Wildman–Crippen MR) is 73.8 cm³/mol. The Morgan fingerprint density at radius 2 is 1.94 bits per heavy atom. The number of alkyl halides is 1. The van der Waals surface area contributed by atoms with E-state index >= 15 is 0 Å². The van der Waals surface area contributed by atoms with Crippen LogP contribution in [0.25, 0.3) is 0 Å². The van der Waals surface area contributed by atoms with Crippen molar-refractivity contribution in [2.45, 2.75) is 24.6 Å². The molecule has 16 heavy (non-hydrogen) atoms. The van der Waals surface area contributed by atoms with Crippen molar-refractivity contribution in [2.75, 3.05) is 14.2 Å². The molecule has 0 bridgehead atoms. The molecule has 0 aromatic heterocycles. The van der Waals surface area contributed by atoms with Gasteiger partial charge in [-0.3, -0.25) is 0 Å². The molecular weight excluding hydrogens is 336 g/mol. The summed E-state index contributed by atoms with van der Waals surface area (Å²) in [7, 11) is 3.32. The van der Waals surface area contributed by atoms with Gasteiger partial charge in [0.05, 0.1) is 14.2 Å². The van der Waals surface area contributed by atoms with E-state index in [-0.39, 0.29) is 0 Å². The van der Waals surface area contributed by atoms with E-state index in [1.807, 2.05) is 12.1 Å². The second-order valence-corrected chi connectivity index (χ2v) is 5.36. The average molecular weight is 352 g/mol. The van der Waals surface area contributed by atoms with E-state index in [1.54, 1.807) is 14.2 Å². The average Bonchev–Trinajstić information content (AvgIpc) is 2.28. The molecule has 1 atom stereocenters. The molecular formula is C12H16Br2O2. The van der Waals surface area contributed by atoms with Crippen molar-refractivity contribution in [2.24, 2.45) is 0 Å². The molecule has 0 aliphatic rings. The Hall–Kier alpha value is -0.220. The first-order valence-electron chi connectivity index (χ1n) is 5.20. The summed E-state index contributed by atoms with van der Waals surface area (Å²) >= 11 is 7.18. The van der Waals surface area contributed by atoms with E-state index in [0.29, 0.717) is 4.83 Å². The molecule has 0 radical (unpaired) electrons. The van der Waals surface area contributed by atoms with Crippen LogP contribution in [-0.4, -0.2) is 14.2 Å². The fourth-order valence-corrected chi connectivity index (χ4v) is 3.08. The quantitative estimate of drug-likeness (QED) is 0.715. The lowest BCUT2D eigenvalue weighted by Gasteiger charge is -2.16. The molecule has 2 nitrogen and oxygen atoms in total. The number of methoxy groups -OCH3 is 2. The summed E-state index contributed by atoms with van der Waals surface area (Å²) < 4.78 is 11.5. The molecule has 0 saturated carbocycles. The summed E-state index contributed by atoms with van der Waals surface area (Å²) in [5.74, 6) is 1.63. The van der Waals surface area contributed by atoms with E-state index in [1.165, 1.54) is 0 Å². The van der Waals surface area contributed by atoms with Crippen LogP contribution in [-0.2, 0) is 0 Å². The summed E-state index contributed by atoms with van der Waals surface area (Å²) in [6.45, 7) is 2.17. The van der Waals surface area contributed by atoms with Crippen LogP contribution in [0.1, 0.15) is 30.2 Å². The summed E-state index contributed by atoms with van der Waals surface area (Å²) in [6.07, 6.45) is 2.21. The van der Waals surface area contributed by atoms with Gasteiger partial charge < -0.3 is 9.47 Å². The highest BCUT2D eigenvalue weighted by Gasteiger charge is 2.17. The predicted octanol–water partition coefficient (Wildman–Crippen LogP) is 4.70. The number of hydrogen-bond donors (Lipinski definition) is 0. The van der Waals surface area contributed by atoms with Crippen molar-refractivity contribution >= 4 is 31.9 Å². The summed E-state index contributed by atoms with van der Waals surface area (Å²) in [5.41, 5.74) is 1.15. The van der Waals surface area contributed by atoms with Gasteiger partial charge in [-0.25, -0.2) is 0 Å². The highest BCUT2D eigenvalue weighted by Crippen LogP contribution is 2.43. The molecule has 1 rings (SSSR count). The Morgan fingerprint density at radius 1 is 1.25 bits per heavy atom. The third kappa shape index (κ3) is 2.92. The third-order valence-corrected chi connectivity index (χ3v) is 4.10. The van der Waals surface area contributed by atoms with Gasteiger partial charge in [-0.2, -0.15) is 0 Å². The molecule has 0 amide bonds. The number of rotatable bonds is 5. The van der Waals surface area contributed by atoms with Gasteiger partial charge in [0.2, 0.25) is 0 Å². The second-order valence-electron chi connectivity index (χ2n) is 3.46. The molecule has 4 heteroatoms. The molecule has 0 heterocycles. The van der Waals surface area contributed by atoms with Crippen molar-refractivity contribution in [1.29, 1.82) is 0 Å². The first kappa shape index (κ1) is 13.8. The van der Waals surface area contributed by atoms with Crippen LogP contribution in [0.15, 0.2) is 16.6 Å². The van der Waals surface area contributed by atoms with Gasteiger partial charge in [0, 0.05) is 10.4 Å². The van der Waals surface area contributed by atoms with Gasteiger partial charge >= 0.3 is 0 Å². The number of ether oxygens (including phenoxy) is 2. The van der Waals surface area contributed by atoms with Crippen LogP contribution in [0.3, 0.4) is 0 Å². The summed E-state index contributed by atoms with van der Waals surface area (Å²) in [4.78, 5) is 0.314. The van der Waals surface area contributed by atoms with Crippen molar-refractivity contribution < 1.29 is 9.47 Å². The zero-order valence-corrected chi connectivity index (χ0v) is 12.9. The van der Waals surface area contributed by atoms with Crippen LogP contribution in [0.2, 0.25) is 0 Å². The van der Waals surface area contributed by atoms with Crippen molar-refractivity contribution in [3.8, 4) is 11.5 Å². The lowest BCUT2D eigenvalue weighted by Crippen LogP contribution is -1.98. The molecule has 0 N–H and O–H groups in total. The maximum Gasteiger partial charge on any atom is 0.141 e. The lowest BCUT2D eigenvalue weighted by molar-refractivity contribution is 0.385. The molecule has 0 aliphatic carbocycles. The van der Waals surface area contributed by atoms with Crippen LogP contribution in [0, 0.1) is 0 Å². The second kappa shape index (κ2) is 6.50. The van der Waals surface area contributed by atoms with Gasteiger partial charge in [-0.1, -0.05) is 35.3 Å². The number of hydrogen-bond acceptors (Lipinski definition) is 2. The monoisotopic (exact) mass is 350 g/mol. The van der Waals surface area contributed by atoms with E-state index < -0.39 is 0 Å². The van der Waals surface area contributed by atoms with Crippen molar-refractivity contribution in [3.63, 3.8) is 0 Å². The minimum absolute atomic E-state index is 0.314. The van der Waals surface area contributed by atoms with Crippen LogP contribution >= 0.6 is 31.9 Å². The summed E-state index contributed by atoms with van der Waals surface area (Å²) in [5, 5.41) is 0. The van der Waals surface area contributed by atoms with Crippen LogP contribution in [0.5, 0.6) is 11.5 Å². The van der Waals surface area contributed by atoms with E-state index in [9.17, 15) is 0 Å². The third-order valence-electron chi connectivity index (χ3n) is 2.40. The molecule has 90 valence electrons. The maximum atomic E-state index is 5.43. The van der Waals surface area contributed by atoms with Gasteiger partial charge in [0.15, 0.2) is 0 Å². The Bertz CT molecular complexity index is 353. The van der Waals surface area contributed by atoms with Crippen LogP contribution in [0.4, 0.5) is 0 Å². The molecule has 1 aromatic rings. The first-order chi connectivity index (χ1) is 7.65. The minimum Gasteiger partial charge on any atom is -0.495 e. The van der Waals surface area contributed by atoms with Gasteiger partial charge in [0.1, 0.15) is 16.0 Å². The van der Waals surface area contributed by atoms with Crippen molar-refractivity contribution in [1.82, 2.24) is 0 Å². The smallest absolute Gasteiger partial charge is 0.141 e. The topological polar surface area (TPSA) is 18.5 Å². The Morgan fingerprint density at radius 3 is 2.44 bits per heavy atom. The maximum absolute atomic E-state index is 5.43. The molecule has 0 fully saturated rings. The van der Waals surface area contributed by atoms with Gasteiger partial charge in [-0.15, -0.1) is 0 Å². The largest absolute Gasteiger partial charge is 0.495 e. The van der Waals surface area contributed by atoms with Gasteiger partial charge in [0.25, 0.3) is 0 Å². The summed E-state index contributed by atoms with van der Waals surface area (Å²) in [6, 6.07) is 3.99. The van der Waals surface area contributed by atoms with E-state index in [0.717, 1.165) is 34.4 Å². The first-order valence-corrected chi connectivity index (χ1v) is 6.91. The zero-order chi connectivity index (χ0) is 12.1. The van der Waals surface area contributed by atoms with Crippen LogP contribution < -0.4 is 9.47 Å².